The van der Waals surface area contributed by atoms with Crippen molar-refractivity contribution in [3.8, 4) is 0 Å². The van der Waals surface area contributed by atoms with E-state index in [4.69, 9.17) is 0 Å². The zero-order valence-corrected chi connectivity index (χ0v) is 26.1. The van der Waals surface area contributed by atoms with E-state index in [1.54, 1.807) is 38.1 Å². The van der Waals surface area contributed by atoms with E-state index >= 15 is 0 Å². The summed E-state index contributed by atoms with van der Waals surface area (Å²) in [7, 11) is -9.24. The Labute approximate surface area is 265 Å². The highest BCUT2D eigenvalue weighted by atomic mass is 32.2. The van der Waals surface area contributed by atoms with Crippen LogP contribution in [0.15, 0.2) is 131 Å². The fraction of sp³-hybridized carbons (Fsp3) is 0.0588. The molecule has 234 valence electrons. The molecule has 12 heteroatoms. The molecular weight excluding hydrogens is 635 g/mol. The number of carbonyl (C=O) groups is 2. The monoisotopic (exact) mass is 660 g/mol. The quantitative estimate of drug-likeness (QED) is 0.184. The van der Waals surface area contributed by atoms with Crippen LogP contribution < -0.4 is 8.61 Å². The van der Waals surface area contributed by atoms with Crippen LogP contribution in [0.4, 0.5) is 20.2 Å². The Balaban J connectivity index is 1.64. The minimum Gasteiger partial charge on any atom is -0.268 e. The Hall–Kier alpha value is -5.20. The van der Waals surface area contributed by atoms with Crippen molar-refractivity contribution in [3.05, 3.63) is 155 Å². The van der Waals surface area contributed by atoms with Crippen molar-refractivity contribution in [2.75, 3.05) is 8.61 Å². The molecule has 0 aliphatic carbocycles. The lowest BCUT2D eigenvalue weighted by Gasteiger charge is -2.25. The Kier molecular flexibility index (Phi) is 8.86. The molecule has 0 spiro atoms. The second-order valence-electron chi connectivity index (χ2n) is 10.3. The molecule has 0 radical (unpaired) electrons. The highest BCUT2D eigenvalue weighted by molar-refractivity contribution is 7.94. The van der Waals surface area contributed by atoms with E-state index < -0.39 is 43.5 Å². The standard InChI is InChI=1S/C34H26F2N2O6S2/c1-23-3-7-25(8-4-23)33(39)37(45(41,42)31-19-11-27(35)12-20-31)29-15-17-30(18-16-29)38(34(40)26-9-5-24(2)6-10-26)46(43,44)32-21-13-28(36)14-22-32/h3-22H,1-2H3. The van der Waals surface area contributed by atoms with Gasteiger partial charge in [-0.25, -0.2) is 25.6 Å². The van der Waals surface area contributed by atoms with Crippen molar-refractivity contribution in [1.29, 1.82) is 0 Å². The van der Waals surface area contributed by atoms with E-state index in [0.29, 0.717) is 8.61 Å². The molecule has 46 heavy (non-hydrogen) atoms. The summed E-state index contributed by atoms with van der Waals surface area (Å²) in [4.78, 5) is 26.7. The van der Waals surface area contributed by atoms with E-state index in [1.165, 1.54) is 48.5 Å². The summed E-state index contributed by atoms with van der Waals surface area (Å²) in [6.07, 6.45) is 0. The predicted molar refractivity (Wildman–Crippen MR) is 170 cm³/mol. The topological polar surface area (TPSA) is 109 Å². The Morgan fingerprint density at radius 2 is 0.739 bits per heavy atom. The average molecular weight is 661 g/mol. The molecular formula is C34H26F2N2O6S2. The zero-order valence-electron chi connectivity index (χ0n) is 24.5. The van der Waals surface area contributed by atoms with Crippen LogP contribution in [0, 0.1) is 25.5 Å². The van der Waals surface area contributed by atoms with Gasteiger partial charge in [-0.05, 0) is 111 Å². The number of anilines is 2. The zero-order chi connectivity index (χ0) is 33.2. The maximum Gasteiger partial charge on any atom is 0.272 e. The SMILES string of the molecule is Cc1ccc(C(=O)N(c2ccc(N(C(=O)c3ccc(C)cc3)S(=O)(=O)c3ccc(F)cc3)cc2)S(=O)(=O)c2ccc(F)cc2)cc1. The summed E-state index contributed by atoms with van der Waals surface area (Å²) in [6, 6.07) is 24.9. The largest absolute Gasteiger partial charge is 0.272 e. The molecule has 0 atom stereocenters. The lowest BCUT2D eigenvalue weighted by atomic mass is 10.1. The average Bonchev–Trinajstić information content (AvgIpc) is 3.03. The van der Waals surface area contributed by atoms with Gasteiger partial charge in [-0.3, -0.25) is 9.59 Å². The van der Waals surface area contributed by atoms with Crippen LogP contribution in [0.5, 0.6) is 0 Å². The first-order valence-corrected chi connectivity index (χ1v) is 16.6. The Morgan fingerprint density at radius 1 is 0.457 bits per heavy atom. The third-order valence-corrected chi connectivity index (χ3v) is 10.4. The number of sulfonamides is 2. The van der Waals surface area contributed by atoms with Gasteiger partial charge in [0.1, 0.15) is 11.6 Å². The highest BCUT2D eigenvalue weighted by Crippen LogP contribution is 2.32. The first-order valence-electron chi connectivity index (χ1n) is 13.7. The van der Waals surface area contributed by atoms with Gasteiger partial charge in [0.2, 0.25) is 0 Å². The molecule has 0 aromatic heterocycles. The van der Waals surface area contributed by atoms with Gasteiger partial charge in [0, 0.05) is 11.1 Å². The van der Waals surface area contributed by atoms with E-state index in [1.807, 2.05) is 0 Å². The first kappa shape index (κ1) is 32.2. The van der Waals surface area contributed by atoms with Gasteiger partial charge in [0.25, 0.3) is 31.9 Å². The third-order valence-electron chi connectivity index (χ3n) is 6.99. The molecule has 8 nitrogen and oxygen atoms in total. The van der Waals surface area contributed by atoms with Crippen LogP contribution in [-0.2, 0) is 20.0 Å². The van der Waals surface area contributed by atoms with E-state index in [2.05, 4.69) is 0 Å². The van der Waals surface area contributed by atoms with Crippen molar-refractivity contribution >= 4 is 43.2 Å². The second-order valence-corrected chi connectivity index (χ2v) is 13.9. The molecule has 5 rings (SSSR count). The molecule has 0 heterocycles. The number of aryl methyl sites for hydroxylation is 2. The third kappa shape index (κ3) is 6.44. The van der Waals surface area contributed by atoms with Crippen LogP contribution in [0.2, 0.25) is 0 Å². The van der Waals surface area contributed by atoms with Crippen LogP contribution in [0.25, 0.3) is 0 Å². The van der Waals surface area contributed by atoms with Gasteiger partial charge in [-0.15, -0.1) is 0 Å². The van der Waals surface area contributed by atoms with Crippen LogP contribution in [-0.4, -0.2) is 28.6 Å². The van der Waals surface area contributed by atoms with Gasteiger partial charge in [-0.2, -0.15) is 8.61 Å². The molecule has 5 aromatic rings. The summed E-state index contributed by atoms with van der Waals surface area (Å²) in [5.41, 5.74) is 1.37. The lowest BCUT2D eigenvalue weighted by Crippen LogP contribution is -2.38. The summed E-state index contributed by atoms with van der Waals surface area (Å²) >= 11 is 0. The van der Waals surface area contributed by atoms with E-state index in [0.717, 1.165) is 59.7 Å². The van der Waals surface area contributed by atoms with Crippen molar-refractivity contribution in [1.82, 2.24) is 0 Å². The number of amides is 2. The molecule has 0 aliphatic heterocycles. The van der Waals surface area contributed by atoms with Crippen LogP contribution in [0.1, 0.15) is 31.8 Å². The Morgan fingerprint density at radius 3 is 1.02 bits per heavy atom. The van der Waals surface area contributed by atoms with Crippen molar-refractivity contribution < 1.29 is 35.2 Å². The maximum atomic E-state index is 13.8. The number of benzene rings is 5. The van der Waals surface area contributed by atoms with Crippen molar-refractivity contribution in [3.63, 3.8) is 0 Å². The molecule has 0 saturated heterocycles. The summed E-state index contributed by atoms with van der Waals surface area (Å²) in [5, 5.41) is 0. The van der Waals surface area contributed by atoms with Crippen LogP contribution >= 0.6 is 0 Å². The molecule has 0 N–H and O–H groups in total. The van der Waals surface area contributed by atoms with Crippen LogP contribution in [0.3, 0.4) is 0 Å². The number of hydrogen-bond donors (Lipinski definition) is 0. The minimum atomic E-state index is -4.62. The number of hydrogen-bond acceptors (Lipinski definition) is 6. The summed E-state index contributed by atoms with van der Waals surface area (Å²) in [6.45, 7) is 3.59. The first-order chi connectivity index (χ1) is 21.8. The van der Waals surface area contributed by atoms with Gasteiger partial charge in [-0.1, -0.05) is 35.4 Å². The smallest absolute Gasteiger partial charge is 0.268 e. The Bertz CT molecular complexity index is 1960. The van der Waals surface area contributed by atoms with Gasteiger partial charge in [0.15, 0.2) is 0 Å². The maximum absolute atomic E-state index is 13.8. The molecule has 0 fully saturated rings. The number of rotatable bonds is 8. The highest BCUT2D eigenvalue weighted by Gasteiger charge is 2.35. The lowest BCUT2D eigenvalue weighted by molar-refractivity contribution is 0.0996. The van der Waals surface area contributed by atoms with Crippen molar-refractivity contribution in [2.45, 2.75) is 23.6 Å². The minimum absolute atomic E-state index is 0.0374. The molecule has 0 bridgehead atoms. The van der Waals surface area contributed by atoms with Gasteiger partial charge in [0.05, 0.1) is 21.2 Å². The fourth-order valence-electron chi connectivity index (χ4n) is 4.50. The number of halogens is 2. The van der Waals surface area contributed by atoms with Crippen molar-refractivity contribution in [2.24, 2.45) is 0 Å². The predicted octanol–water partition coefficient (Wildman–Crippen LogP) is 6.65. The molecule has 5 aromatic carbocycles. The molecule has 0 aliphatic rings. The summed E-state index contributed by atoms with van der Waals surface area (Å²) < 4.78 is 83.7. The second kappa shape index (κ2) is 12.7. The number of carbonyl (C=O) groups excluding carboxylic acids is 2. The normalized spacial score (nSPS) is 11.6. The molecule has 0 saturated carbocycles. The van der Waals surface area contributed by atoms with E-state index in [9.17, 15) is 35.2 Å². The van der Waals surface area contributed by atoms with Gasteiger partial charge >= 0.3 is 0 Å². The van der Waals surface area contributed by atoms with Gasteiger partial charge < -0.3 is 0 Å². The molecule has 2 amide bonds. The molecule has 0 unspecified atom stereocenters. The summed E-state index contributed by atoms with van der Waals surface area (Å²) in [5.74, 6) is -3.21. The fourth-order valence-corrected chi connectivity index (χ4v) is 7.33. The number of nitrogens with zero attached hydrogens (tertiary/aromatic N) is 2. The van der Waals surface area contributed by atoms with E-state index in [-0.39, 0.29) is 32.3 Å².